The molecule has 0 aliphatic heterocycles. The van der Waals surface area contributed by atoms with Gasteiger partial charge in [-0.05, 0) is 12.1 Å². The summed E-state index contributed by atoms with van der Waals surface area (Å²) in [5, 5.41) is 5.00. The molecule has 2 heterocycles. The Kier molecular flexibility index (Phi) is 4.53. The van der Waals surface area contributed by atoms with Gasteiger partial charge in [0.05, 0.1) is 6.54 Å². The first-order chi connectivity index (χ1) is 7.65. The number of carbonyl (C=O) groups excluding carboxylic acids is 1. The normalized spacial score (nSPS) is 9.71. The van der Waals surface area contributed by atoms with Gasteiger partial charge in [-0.15, -0.1) is 23.7 Å². The van der Waals surface area contributed by atoms with E-state index >= 15 is 0 Å². The number of anilines is 1. The van der Waals surface area contributed by atoms with Crippen LogP contribution in [0.4, 0.5) is 5.13 Å². The zero-order valence-corrected chi connectivity index (χ0v) is 10.7. The van der Waals surface area contributed by atoms with E-state index in [1.54, 1.807) is 6.07 Å². The summed E-state index contributed by atoms with van der Waals surface area (Å²) in [7, 11) is 0. The summed E-state index contributed by atoms with van der Waals surface area (Å²) in [6.45, 7) is 1.85. The second-order valence-corrected chi connectivity index (χ2v) is 4.14. The second kappa shape index (κ2) is 5.70. The number of nitrogen functional groups attached to an aromatic ring is 1. The van der Waals surface area contributed by atoms with Gasteiger partial charge >= 0.3 is 0 Å². The van der Waals surface area contributed by atoms with E-state index in [4.69, 9.17) is 10.2 Å². The van der Waals surface area contributed by atoms with Gasteiger partial charge in [0.15, 0.2) is 10.9 Å². The fraction of sp³-hybridized carbons (Fsp3) is 0.200. The summed E-state index contributed by atoms with van der Waals surface area (Å²) in [5.74, 6) is 1.26. The van der Waals surface area contributed by atoms with Gasteiger partial charge in [0.1, 0.15) is 11.5 Å². The van der Waals surface area contributed by atoms with Crippen LogP contribution in [0.2, 0.25) is 0 Å². The number of nitrogens with two attached hydrogens (primary N) is 1. The van der Waals surface area contributed by atoms with E-state index in [1.165, 1.54) is 18.3 Å². The lowest BCUT2D eigenvalue weighted by Gasteiger charge is -1.97. The molecule has 0 saturated heterocycles. The van der Waals surface area contributed by atoms with Crippen molar-refractivity contribution in [1.29, 1.82) is 0 Å². The molecule has 0 spiro atoms. The lowest BCUT2D eigenvalue weighted by molar-refractivity contribution is -0.119. The number of hydrogen-bond donors (Lipinski definition) is 2. The van der Waals surface area contributed by atoms with Crippen molar-refractivity contribution in [3.05, 3.63) is 23.3 Å². The zero-order chi connectivity index (χ0) is 11.5. The van der Waals surface area contributed by atoms with Crippen molar-refractivity contribution in [2.75, 3.05) is 5.73 Å². The molecular weight excluding hydrogens is 262 g/mol. The number of carbonyl (C=O) groups is 1. The SMILES string of the molecule is CC(=O)NCc1ccc(-c2csc(N)n2)o1.Cl. The molecule has 92 valence electrons. The number of halogens is 1. The van der Waals surface area contributed by atoms with Gasteiger partial charge in [-0.3, -0.25) is 4.79 Å². The number of rotatable bonds is 3. The highest BCUT2D eigenvalue weighted by molar-refractivity contribution is 7.13. The maximum absolute atomic E-state index is 10.7. The molecule has 0 aliphatic carbocycles. The molecule has 0 saturated carbocycles. The van der Waals surface area contributed by atoms with Crippen LogP contribution in [0.25, 0.3) is 11.5 Å². The minimum absolute atomic E-state index is 0. The average Bonchev–Trinajstić information content (AvgIpc) is 2.83. The van der Waals surface area contributed by atoms with Gasteiger partial charge in [0, 0.05) is 12.3 Å². The van der Waals surface area contributed by atoms with Crippen molar-refractivity contribution >= 4 is 34.8 Å². The van der Waals surface area contributed by atoms with Crippen LogP contribution in [-0.4, -0.2) is 10.9 Å². The van der Waals surface area contributed by atoms with Gasteiger partial charge in [-0.25, -0.2) is 4.98 Å². The molecule has 17 heavy (non-hydrogen) atoms. The summed E-state index contributed by atoms with van der Waals surface area (Å²) in [5.41, 5.74) is 6.25. The monoisotopic (exact) mass is 273 g/mol. The molecule has 1 amide bonds. The summed E-state index contributed by atoms with van der Waals surface area (Å²) in [4.78, 5) is 14.8. The molecule has 2 rings (SSSR count). The molecule has 0 fully saturated rings. The highest BCUT2D eigenvalue weighted by Crippen LogP contribution is 2.24. The molecule has 0 atom stereocenters. The number of nitrogens with zero attached hydrogens (tertiary/aromatic N) is 1. The van der Waals surface area contributed by atoms with Crippen LogP contribution in [0.1, 0.15) is 12.7 Å². The molecule has 7 heteroatoms. The standard InChI is InChI=1S/C10H11N3O2S.ClH/c1-6(14)12-4-7-2-3-9(15-7)8-5-16-10(11)13-8;/h2-3,5H,4H2,1H3,(H2,11,13)(H,12,14);1H. The van der Waals surface area contributed by atoms with E-state index in [9.17, 15) is 4.79 Å². The van der Waals surface area contributed by atoms with Crippen LogP contribution < -0.4 is 11.1 Å². The van der Waals surface area contributed by atoms with Crippen LogP contribution >= 0.6 is 23.7 Å². The second-order valence-electron chi connectivity index (χ2n) is 3.25. The van der Waals surface area contributed by atoms with Crippen molar-refractivity contribution in [3.8, 4) is 11.5 Å². The molecule has 0 radical (unpaired) electrons. The number of aromatic nitrogens is 1. The van der Waals surface area contributed by atoms with E-state index in [2.05, 4.69) is 10.3 Å². The van der Waals surface area contributed by atoms with Crippen molar-refractivity contribution in [3.63, 3.8) is 0 Å². The summed E-state index contributed by atoms with van der Waals surface area (Å²) >= 11 is 1.36. The maximum Gasteiger partial charge on any atom is 0.217 e. The quantitative estimate of drug-likeness (QED) is 0.897. The zero-order valence-electron chi connectivity index (χ0n) is 9.10. The predicted molar refractivity (Wildman–Crippen MR) is 69.0 cm³/mol. The van der Waals surface area contributed by atoms with Crippen LogP contribution in [0.5, 0.6) is 0 Å². The van der Waals surface area contributed by atoms with Crippen LogP contribution in [-0.2, 0) is 11.3 Å². The van der Waals surface area contributed by atoms with Crippen molar-refractivity contribution in [1.82, 2.24) is 10.3 Å². The first-order valence-electron chi connectivity index (χ1n) is 4.69. The third kappa shape index (κ3) is 3.47. The molecule has 3 N–H and O–H groups in total. The Morgan fingerprint density at radius 3 is 2.94 bits per heavy atom. The third-order valence-corrected chi connectivity index (χ3v) is 2.62. The number of nitrogens with one attached hydrogen (secondary N) is 1. The first kappa shape index (κ1) is 13.5. The minimum Gasteiger partial charge on any atom is -0.458 e. The highest BCUT2D eigenvalue weighted by Gasteiger charge is 2.08. The first-order valence-corrected chi connectivity index (χ1v) is 5.57. The molecule has 0 aliphatic rings. The van der Waals surface area contributed by atoms with Crippen molar-refractivity contribution < 1.29 is 9.21 Å². The topological polar surface area (TPSA) is 81.2 Å². The Labute approximate surface area is 108 Å². The minimum atomic E-state index is -0.0872. The molecule has 5 nitrogen and oxygen atoms in total. The van der Waals surface area contributed by atoms with E-state index in [1.807, 2.05) is 11.4 Å². The molecular formula is C10H12ClN3O2S. The Balaban J connectivity index is 0.00000144. The molecule has 0 bridgehead atoms. The smallest absolute Gasteiger partial charge is 0.217 e. The number of thiazole rings is 1. The van der Waals surface area contributed by atoms with Gasteiger partial charge in [-0.1, -0.05) is 0 Å². The third-order valence-electron chi connectivity index (χ3n) is 1.95. The van der Waals surface area contributed by atoms with E-state index < -0.39 is 0 Å². The van der Waals surface area contributed by atoms with E-state index in [0.29, 0.717) is 23.2 Å². The van der Waals surface area contributed by atoms with Gasteiger partial charge in [0.2, 0.25) is 5.91 Å². The molecule has 2 aromatic rings. The van der Waals surface area contributed by atoms with Crippen LogP contribution in [0.15, 0.2) is 21.9 Å². The Bertz CT molecular complexity index is 509. The van der Waals surface area contributed by atoms with E-state index in [-0.39, 0.29) is 18.3 Å². The van der Waals surface area contributed by atoms with Gasteiger partial charge < -0.3 is 15.5 Å². The largest absolute Gasteiger partial charge is 0.458 e. The van der Waals surface area contributed by atoms with Crippen LogP contribution in [0.3, 0.4) is 0 Å². The Hall–Kier alpha value is -1.53. The Morgan fingerprint density at radius 1 is 1.59 bits per heavy atom. The lowest BCUT2D eigenvalue weighted by Crippen LogP contribution is -2.18. The predicted octanol–water partition coefficient (Wildman–Crippen LogP) is 2.04. The van der Waals surface area contributed by atoms with E-state index in [0.717, 1.165) is 5.69 Å². The molecule has 2 aromatic heterocycles. The highest BCUT2D eigenvalue weighted by atomic mass is 35.5. The summed E-state index contributed by atoms with van der Waals surface area (Å²) < 4.78 is 5.51. The number of amides is 1. The average molecular weight is 274 g/mol. The lowest BCUT2D eigenvalue weighted by atomic mass is 10.3. The molecule has 0 unspecified atom stereocenters. The number of hydrogen-bond acceptors (Lipinski definition) is 5. The van der Waals surface area contributed by atoms with Crippen molar-refractivity contribution in [2.45, 2.75) is 13.5 Å². The fourth-order valence-corrected chi connectivity index (χ4v) is 1.78. The maximum atomic E-state index is 10.7. The van der Waals surface area contributed by atoms with Gasteiger partial charge in [-0.2, -0.15) is 0 Å². The Morgan fingerprint density at radius 2 is 2.35 bits per heavy atom. The molecule has 0 aromatic carbocycles. The fourth-order valence-electron chi connectivity index (χ4n) is 1.22. The summed E-state index contributed by atoms with van der Waals surface area (Å²) in [6, 6.07) is 3.62. The summed E-state index contributed by atoms with van der Waals surface area (Å²) in [6.07, 6.45) is 0. The number of furan rings is 1. The van der Waals surface area contributed by atoms with Crippen LogP contribution in [0, 0.1) is 0 Å². The van der Waals surface area contributed by atoms with Gasteiger partial charge in [0.25, 0.3) is 0 Å². The van der Waals surface area contributed by atoms with Crippen molar-refractivity contribution in [2.24, 2.45) is 0 Å².